The number of hydrogen-bond acceptors (Lipinski definition) is 5. The van der Waals surface area contributed by atoms with Crippen molar-refractivity contribution < 1.29 is 0 Å². The third kappa shape index (κ3) is 3.74. The average molecular weight is 271 g/mol. The molecule has 0 saturated carbocycles. The lowest BCUT2D eigenvalue weighted by Crippen LogP contribution is -2.27. The number of nitrogens with two attached hydrogens (primary N) is 1. The molecule has 2 heterocycles. The van der Waals surface area contributed by atoms with Crippen LogP contribution in [0.2, 0.25) is 0 Å². The molecule has 2 aromatic rings. The Bertz CT molecular complexity index is 541. The zero-order valence-corrected chi connectivity index (χ0v) is 12.1. The highest BCUT2D eigenvalue weighted by atomic mass is 15.2. The fourth-order valence-corrected chi connectivity index (χ4v) is 1.95. The van der Waals surface area contributed by atoms with Crippen molar-refractivity contribution in [2.75, 3.05) is 18.0 Å². The van der Waals surface area contributed by atoms with Crippen LogP contribution in [0.25, 0.3) is 0 Å². The highest BCUT2D eigenvalue weighted by Crippen LogP contribution is 2.15. The SMILES string of the molecule is Cc1ncc(N(CCCN)Cc2cccnc2)nc1C. The second kappa shape index (κ2) is 6.96. The summed E-state index contributed by atoms with van der Waals surface area (Å²) in [6.07, 6.45) is 6.41. The van der Waals surface area contributed by atoms with Gasteiger partial charge in [0.2, 0.25) is 0 Å². The predicted octanol–water partition coefficient (Wildman–Crippen LogP) is 1.84. The summed E-state index contributed by atoms with van der Waals surface area (Å²) in [7, 11) is 0. The van der Waals surface area contributed by atoms with Crippen molar-refractivity contribution >= 4 is 5.82 Å². The average Bonchev–Trinajstić information content (AvgIpc) is 2.47. The minimum atomic E-state index is 0.668. The minimum Gasteiger partial charge on any atom is -0.351 e. The molecule has 0 saturated heterocycles. The van der Waals surface area contributed by atoms with Gasteiger partial charge in [-0.25, -0.2) is 4.98 Å². The van der Waals surface area contributed by atoms with E-state index < -0.39 is 0 Å². The van der Waals surface area contributed by atoms with Crippen molar-refractivity contribution in [3.8, 4) is 0 Å². The molecular weight excluding hydrogens is 250 g/mol. The molecule has 5 nitrogen and oxygen atoms in total. The van der Waals surface area contributed by atoms with Crippen molar-refractivity contribution in [3.05, 3.63) is 47.7 Å². The second-order valence-electron chi connectivity index (χ2n) is 4.82. The summed E-state index contributed by atoms with van der Waals surface area (Å²) < 4.78 is 0. The van der Waals surface area contributed by atoms with Crippen LogP contribution < -0.4 is 10.6 Å². The third-order valence-electron chi connectivity index (χ3n) is 3.23. The second-order valence-corrected chi connectivity index (χ2v) is 4.82. The van der Waals surface area contributed by atoms with Crippen LogP contribution in [0.1, 0.15) is 23.4 Å². The number of aryl methyl sites for hydroxylation is 2. The first-order valence-corrected chi connectivity index (χ1v) is 6.85. The molecule has 106 valence electrons. The quantitative estimate of drug-likeness (QED) is 0.868. The molecule has 20 heavy (non-hydrogen) atoms. The Balaban J connectivity index is 2.20. The summed E-state index contributed by atoms with van der Waals surface area (Å²) in [4.78, 5) is 15.4. The summed E-state index contributed by atoms with van der Waals surface area (Å²) in [5.74, 6) is 0.894. The minimum absolute atomic E-state index is 0.668. The van der Waals surface area contributed by atoms with Crippen LogP contribution in [0.4, 0.5) is 5.82 Å². The summed E-state index contributed by atoms with van der Waals surface area (Å²) in [5.41, 5.74) is 8.72. The first-order chi connectivity index (χ1) is 9.70. The first kappa shape index (κ1) is 14.4. The highest BCUT2D eigenvalue weighted by Gasteiger charge is 2.10. The van der Waals surface area contributed by atoms with Crippen molar-refractivity contribution in [1.82, 2.24) is 15.0 Å². The zero-order chi connectivity index (χ0) is 14.4. The van der Waals surface area contributed by atoms with Crippen LogP contribution in [0.3, 0.4) is 0 Å². The number of pyridine rings is 1. The Hall–Kier alpha value is -2.01. The van der Waals surface area contributed by atoms with E-state index >= 15 is 0 Å². The van der Waals surface area contributed by atoms with Crippen molar-refractivity contribution in [3.63, 3.8) is 0 Å². The predicted molar refractivity (Wildman–Crippen MR) is 80.5 cm³/mol. The normalized spacial score (nSPS) is 10.6. The van der Waals surface area contributed by atoms with Gasteiger partial charge in [-0.3, -0.25) is 9.97 Å². The van der Waals surface area contributed by atoms with Gasteiger partial charge in [-0.2, -0.15) is 0 Å². The number of anilines is 1. The van der Waals surface area contributed by atoms with E-state index in [1.54, 1.807) is 6.20 Å². The summed E-state index contributed by atoms with van der Waals surface area (Å²) in [6.45, 7) is 6.25. The number of nitrogens with zero attached hydrogens (tertiary/aromatic N) is 4. The van der Waals surface area contributed by atoms with Crippen molar-refractivity contribution in [2.45, 2.75) is 26.8 Å². The van der Waals surface area contributed by atoms with E-state index in [2.05, 4.69) is 25.9 Å². The smallest absolute Gasteiger partial charge is 0.147 e. The van der Waals surface area contributed by atoms with Gasteiger partial charge < -0.3 is 10.6 Å². The maximum absolute atomic E-state index is 5.63. The maximum atomic E-state index is 5.63. The lowest BCUT2D eigenvalue weighted by Gasteiger charge is -2.23. The van der Waals surface area contributed by atoms with Gasteiger partial charge in [-0.1, -0.05) is 6.07 Å². The molecule has 0 aliphatic rings. The third-order valence-corrected chi connectivity index (χ3v) is 3.23. The van der Waals surface area contributed by atoms with Gasteiger partial charge in [0.05, 0.1) is 17.6 Å². The topological polar surface area (TPSA) is 67.9 Å². The molecule has 0 aliphatic carbocycles. The Morgan fingerprint density at radius 1 is 1.20 bits per heavy atom. The molecule has 0 spiro atoms. The Morgan fingerprint density at radius 2 is 2.05 bits per heavy atom. The van der Waals surface area contributed by atoms with Crippen LogP contribution in [0.5, 0.6) is 0 Å². The molecule has 0 atom stereocenters. The molecule has 0 bridgehead atoms. The van der Waals surface area contributed by atoms with E-state index in [0.717, 1.165) is 42.3 Å². The van der Waals surface area contributed by atoms with E-state index in [0.29, 0.717) is 6.54 Å². The van der Waals surface area contributed by atoms with Crippen LogP contribution in [0.15, 0.2) is 30.7 Å². The summed E-state index contributed by atoms with van der Waals surface area (Å²) in [6, 6.07) is 4.01. The van der Waals surface area contributed by atoms with Gasteiger partial charge >= 0.3 is 0 Å². The highest BCUT2D eigenvalue weighted by molar-refractivity contribution is 5.38. The van der Waals surface area contributed by atoms with Crippen LogP contribution in [-0.2, 0) is 6.54 Å². The van der Waals surface area contributed by atoms with Crippen LogP contribution in [0, 0.1) is 13.8 Å². The monoisotopic (exact) mass is 271 g/mol. The maximum Gasteiger partial charge on any atom is 0.147 e. The fraction of sp³-hybridized carbons (Fsp3) is 0.400. The molecule has 5 heteroatoms. The van der Waals surface area contributed by atoms with E-state index in [-0.39, 0.29) is 0 Å². The van der Waals surface area contributed by atoms with E-state index in [1.165, 1.54) is 0 Å². The van der Waals surface area contributed by atoms with Crippen LogP contribution >= 0.6 is 0 Å². The standard InChI is InChI=1S/C15H21N5/c1-12-13(2)19-15(10-18-12)20(8-4-6-16)11-14-5-3-7-17-9-14/h3,5,7,9-10H,4,6,8,11,16H2,1-2H3. The lowest BCUT2D eigenvalue weighted by atomic mass is 10.2. The van der Waals surface area contributed by atoms with Gasteiger partial charge in [0, 0.05) is 25.5 Å². The molecule has 2 N–H and O–H groups in total. The van der Waals surface area contributed by atoms with Gasteiger partial charge in [0.15, 0.2) is 0 Å². The molecular formula is C15H21N5. The zero-order valence-electron chi connectivity index (χ0n) is 12.1. The Labute approximate surface area is 119 Å². The number of hydrogen-bond donors (Lipinski definition) is 1. The van der Waals surface area contributed by atoms with Gasteiger partial charge in [-0.05, 0) is 38.4 Å². The fourth-order valence-electron chi connectivity index (χ4n) is 1.95. The number of aromatic nitrogens is 3. The van der Waals surface area contributed by atoms with E-state index in [9.17, 15) is 0 Å². The van der Waals surface area contributed by atoms with Gasteiger partial charge in [0.1, 0.15) is 5.82 Å². The molecule has 0 unspecified atom stereocenters. The summed E-state index contributed by atoms with van der Waals surface area (Å²) >= 11 is 0. The molecule has 0 radical (unpaired) electrons. The molecule has 0 fully saturated rings. The van der Waals surface area contributed by atoms with Crippen LogP contribution in [-0.4, -0.2) is 28.0 Å². The summed E-state index contributed by atoms with van der Waals surface area (Å²) in [5, 5.41) is 0. The Kier molecular flexibility index (Phi) is 5.01. The van der Waals surface area contributed by atoms with Gasteiger partial charge in [0.25, 0.3) is 0 Å². The van der Waals surface area contributed by atoms with Crippen molar-refractivity contribution in [2.24, 2.45) is 5.73 Å². The van der Waals surface area contributed by atoms with Gasteiger partial charge in [-0.15, -0.1) is 0 Å². The molecule has 0 aromatic carbocycles. The number of rotatable bonds is 6. The van der Waals surface area contributed by atoms with E-state index in [4.69, 9.17) is 5.73 Å². The molecule has 2 rings (SSSR count). The molecule has 2 aromatic heterocycles. The first-order valence-electron chi connectivity index (χ1n) is 6.85. The largest absolute Gasteiger partial charge is 0.351 e. The molecule has 0 amide bonds. The van der Waals surface area contributed by atoms with E-state index in [1.807, 2.05) is 32.3 Å². The molecule has 0 aliphatic heterocycles. The Morgan fingerprint density at radius 3 is 2.70 bits per heavy atom. The lowest BCUT2D eigenvalue weighted by molar-refractivity contribution is 0.720. The van der Waals surface area contributed by atoms with Crippen molar-refractivity contribution in [1.29, 1.82) is 0 Å².